The molecule has 0 bridgehead atoms. The van der Waals surface area contributed by atoms with Crippen molar-refractivity contribution in [1.29, 1.82) is 0 Å². The molecule has 5 aromatic heterocycles. The third-order valence-corrected chi connectivity index (χ3v) is 6.89. The Morgan fingerprint density at radius 3 is 2.44 bits per heavy atom. The fourth-order valence-corrected chi connectivity index (χ4v) is 5.01. The minimum absolute atomic E-state index is 0.393. The summed E-state index contributed by atoms with van der Waals surface area (Å²) in [6, 6.07) is 20.8. The van der Waals surface area contributed by atoms with Gasteiger partial charge in [-0.1, -0.05) is 45.9 Å². The van der Waals surface area contributed by atoms with Gasteiger partial charge in [-0.3, -0.25) is 14.5 Å². The van der Waals surface area contributed by atoms with Crippen LogP contribution in [0.1, 0.15) is 44.7 Å². The topological polar surface area (TPSA) is 65.7 Å². The zero-order valence-corrected chi connectivity index (χ0v) is 22.7. The predicted octanol–water partition coefficient (Wildman–Crippen LogP) is 8.14. The maximum Gasteiger partial charge on any atom is 0.219 e. The number of fused-ring (bicyclic) bond motifs is 3. The van der Waals surface area contributed by atoms with Gasteiger partial charge in [0.25, 0.3) is 0 Å². The zero-order chi connectivity index (χ0) is 26.9. The predicted molar refractivity (Wildman–Crippen MR) is 157 cm³/mol. The van der Waals surface area contributed by atoms with Crippen molar-refractivity contribution in [3.8, 4) is 28.6 Å². The molecule has 0 spiro atoms. The van der Waals surface area contributed by atoms with Crippen LogP contribution in [0.2, 0.25) is 0 Å². The summed E-state index contributed by atoms with van der Waals surface area (Å²) < 4.78 is 8.30. The van der Waals surface area contributed by atoms with Gasteiger partial charge < -0.3 is 4.74 Å². The van der Waals surface area contributed by atoms with Gasteiger partial charge in [0, 0.05) is 47.4 Å². The van der Waals surface area contributed by atoms with Gasteiger partial charge in [0.1, 0.15) is 11.6 Å². The Hall–Kier alpha value is -4.58. The van der Waals surface area contributed by atoms with Crippen LogP contribution in [0.15, 0.2) is 91.6 Å². The molecule has 6 rings (SSSR count). The standard InChI is InChI=1S/C33H31N5O/c1-21(2)13-23-9-11-35-31(14-23)38-29-8-6-5-7-28(29)33-30(38)16-26(19-37-33)25-15-27(20-34-18-25)39-32-17-24(22(3)4)10-12-36-32/h5-12,14-22H,13H2,1-4H3. The Labute approximate surface area is 228 Å². The van der Waals surface area contributed by atoms with Crippen LogP contribution in [0.25, 0.3) is 38.9 Å². The molecule has 0 aliphatic rings. The van der Waals surface area contributed by atoms with Crippen LogP contribution in [0, 0.1) is 5.92 Å². The quantitative estimate of drug-likeness (QED) is 0.215. The number of pyridine rings is 4. The van der Waals surface area contributed by atoms with E-state index in [1.807, 2.05) is 36.8 Å². The highest BCUT2D eigenvalue weighted by molar-refractivity contribution is 6.07. The van der Waals surface area contributed by atoms with E-state index >= 15 is 0 Å². The molecule has 194 valence electrons. The number of nitrogens with zero attached hydrogens (tertiary/aromatic N) is 5. The average molecular weight is 514 g/mol. The van der Waals surface area contributed by atoms with E-state index in [4.69, 9.17) is 14.7 Å². The maximum atomic E-state index is 6.10. The molecule has 39 heavy (non-hydrogen) atoms. The van der Waals surface area contributed by atoms with Crippen molar-refractivity contribution in [2.75, 3.05) is 0 Å². The van der Waals surface area contributed by atoms with E-state index in [0.717, 1.165) is 45.3 Å². The van der Waals surface area contributed by atoms with Crippen molar-refractivity contribution in [3.05, 3.63) is 103 Å². The number of hydrogen-bond acceptors (Lipinski definition) is 5. The molecule has 0 N–H and O–H groups in total. The second kappa shape index (κ2) is 10.3. The van der Waals surface area contributed by atoms with Crippen LogP contribution >= 0.6 is 0 Å². The first-order valence-electron chi connectivity index (χ1n) is 13.4. The van der Waals surface area contributed by atoms with E-state index in [0.29, 0.717) is 23.5 Å². The van der Waals surface area contributed by atoms with Crippen LogP contribution < -0.4 is 4.74 Å². The van der Waals surface area contributed by atoms with E-state index in [1.165, 1.54) is 11.1 Å². The molecule has 0 radical (unpaired) electrons. The van der Waals surface area contributed by atoms with Gasteiger partial charge in [-0.25, -0.2) is 9.97 Å². The van der Waals surface area contributed by atoms with Gasteiger partial charge in [-0.15, -0.1) is 0 Å². The molecule has 0 amide bonds. The van der Waals surface area contributed by atoms with Crippen LogP contribution in [-0.2, 0) is 6.42 Å². The first-order valence-corrected chi connectivity index (χ1v) is 13.4. The Morgan fingerprint density at radius 1 is 0.769 bits per heavy atom. The van der Waals surface area contributed by atoms with Gasteiger partial charge in [0.15, 0.2) is 0 Å². The fourth-order valence-electron chi connectivity index (χ4n) is 5.01. The summed E-state index contributed by atoms with van der Waals surface area (Å²) in [6.07, 6.45) is 10.1. The van der Waals surface area contributed by atoms with Gasteiger partial charge in [0.05, 0.1) is 22.7 Å². The molecular weight excluding hydrogens is 482 g/mol. The Bertz CT molecular complexity index is 1790. The highest BCUT2D eigenvalue weighted by Gasteiger charge is 2.16. The van der Waals surface area contributed by atoms with Crippen molar-refractivity contribution >= 4 is 21.9 Å². The Morgan fingerprint density at radius 2 is 1.59 bits per heavy atom. The summed E-state index contributed by atoms with van der Waals surface area (Å²) in [4.78, 5) is 18.5. The third kappa shape index (κ3) is 4.98. The first-order chi connectivity index (χ1) is 19.0. The van der Waals surface area contributed by atoms with Crippen molar-refractivity contribution in [1.82, 2.24) is 24.5 Å². The number of ether oxygens (including phenoxy) is 1. The van der Waals surface area contributed by atoms with Gasteiger partial charge in [0.2, 0.25) is 5.88 Å². The summed E-state index contributed by atoms with van der Waals surface area (Å²) in [5, 5.41) is 1.10. The van der Waals surface area contributed by atoms with E-state index in [1.54, 1.807) is 12.4 Å². The summed E-state index contributed by atoms with van der Waals surface area (Å²) in [5.41, 5.74) is 7.34. The Kier molecular flexibility index (Phi) is 6.53. The first kappa shape index (κ1) is 24.7. The lowest BCUT2D eigenvalue weighted by Gasteiger charge is -2.11. The van der Waals surface area contributed by atoms with Gasteiger partial charge in [-0.2, -0.15) is 0 Å². The summed E-state index contributed by atoms with van der Waals surface area (Å²) >= 11 is 0. The molecule has 5 heterocycles. The molecule has 0 atom stereocenters. The summed E-state index contributed by atoms with van der Waals surface area (Å²) in [7, 11) is 0. The number of rotatable bonds is 7. The summed E-state index contributed by atoms with van der Waals surface area (Å²) in [5.74, 6) is 3.04. The molecule has 1 aromatic carbocycles. The van der Waals surface area contributed by atoms with Crippen LogP contribution in [0.5, 0.6) is 11.6 Å². The van der Waals surface area contributed by atoms with E-state index < -0.39 is 0 Å². The molecule has 0 saturated heterocycles. The van der Waals surface area contributed by atoms with Crippen molar-refractivity contribution in [3.63, 3.8) is 0 Å². The molecular formula is C33H31N5O. The highest BCUT2D eigenvalue weighted by Crippen LogP contribution is 2.34. The minimum Gasteiger partial charge on any atom is -0.437 e. The largest absolute Gasteiger partial charge is 0.437 e. The van der Waals surface area contributed by atoms with Gasteiger partial charge in [-0.05, 0) is 65.8 Å². The van der Waals surface area contributed by atoms with Crippen LogP contribution in [-0.4, -0.2) is 24.5 Å². The van der Waals surface area contributed by atoms with Crippen LogP contribution in [0.3, 0.4) is 0 Å². The third-order valence-electron chi connectivity index (χ3n) is 6.89. The average Bonchev–Trinajstić information content (AvgIpc) is 3.27. The number of benzene rings is 1. The maximum absolute atomic E-state index is 6.10. The van der Waals surface area contributed by atoms with Crippen molar-refractivity contribution < 1.29 is 4.74 Å². The molecule has 6 heteroatoms. The number of para-hydroxylation sites is 1. The lowest BCUT2D eigenvalue weighted by Crippen LogP contribution is -2.01. The molecule has 0 unspecified atom stereocenters. The molecule has 6 aromatic rings. The SMILES string of the molecule is CC(C)Cc1ccnc(-n2c3ccccc3c3ncc(-c4cncc(Oc5cc(C(C)C)ccn5)c4)cc32)c1. The lowest BCUT2D eigenvalue weighted by atomic mass is 10.0. The molecule has 0 aliphatic carbocycles. The highest BCUT2D eigenvalue weighted by atomic mass is 16.5. The smallest absolute Gasteiger partial charge is 0.219 e. The second-order valence-electron chi connectivity index (χ2n) is 10.7. The van der Waals surface area contributed by atoms with E-state index in [9.17, 15) is 0 Å². The molecule has 0 aliphatic heterocycles. The van der Waals surface area contributed by atoms with E-state index in [2.05, 4.69) is 84.7 Å². The Balaban J connectivity index is 1.44. The fraction of sp³-hybridized carbons (Fsp3) is 0.212. The lowest BCUT2D eigenvalue weighted by molar-refractivity contribution is 0.460. The monoisotopic (exact) mass is 513 g/mol. The number of hydrogen-bond donors (Lipinski definition) is 0. The van der Waals surface area contributed by atoms with Crippen molar-refractivity contribution in [2.45, 2.75) is 40.0 Å². The van der Waals surface area contributed by atoms with Crippen LogP contribution in [0.4, 0.5) is 0 Å². The number of aromatic nitrogens is 5. The second-order valence-corrected chi connectivity index (χ2v) is 10.7. The van der Waals surface area contributed by atoms with E-state index in [-0.39, 0.29) is 0 Å². The minimum atomic E-state index is 0.393. The summed E-state index contributed by atoms with van der Waals surface area (Å²) in [6.45, 7) is 8.78. The normalized spacial score (nSPS) is 11.6. The molecule has 0 fully saturated rings. The zero-order valence-electron chi connectivity index (χ0n) is 22.7. The molecule has 0 saturated carbocycles. The molecule has 6 nitrogen and oxygen atoms in total. The van der Waals surface area contributed by atoms with Gasteiger partial charge >= 0.3 is 0 Å². The van der Waals surface area contributed by atoms with Crippen molar-refractivity contribution in [2.24, 2.45) is 5.92 Å².